The van der Waals surface area contributed by atoms with Crippen molar-refractivity contribution < 1.29 is 14.4 Å². The maximum absolute atomic E-state index is 10.5. The molecule has 0 rings (SSSR count). The molecule has 0 unspecified atom stereocenters. The second-order valence-electron chi connectivity index (χ2n) is 2.84. The van der Waals surface area contributed by atoms with Crippen molar-refractivity contribution in [2.45, 2.75) is 20.3 Å². The van der Waals surface area contributed by atoms with Crippen LogP contribution in [0.25, 0.3) is 0 Å². The minimum atomic E-state index is -0.279. The van der Waals surface area contributed by atoms with Gasteiger partial charge < -0.3 is 0 Å². The lowest BCUT2D eigenvalue weighted by atomic mass is 10.5. The van der Waals surface area contributed by atoms with Crippen molar-refractivity contribution in [3.05, 3.63) is 0 Å². The topological polar surface area (TPSA) is 38.3 Å². The molecule has 0 aliphatic rings. The number of carbonyl (C=O) groups excluding carboxylic acids is 1. The van der Waals surface area contributed by atoms with Gasteiger partial charge in [-0.3, -0.25) is 4.84 Å². The number of rotatable bonds is 4. The summed E-state index contributed by atoms with van der Waals surface area (Å²) in [5.74, 6) is -0.279. The molecule has 4 heteroatoms. The molecule has 4 nitrogen and oxygen atoms in total. The number of nitrogens with one attached hydrogen (secondary N) is 1. The number of hydroxylamine groups is 2. The fourth-order valence-electron chi connectivity index (χ4n) is 0.735. The Balaban J connectivity index is 3.70. The van der Waals surface area contributed by atoms with Crippen LogP contribution < -0.4 is 5.43 Å². The maximum Gasteiger partial charge on any atom is 0.366 e. The van der Waals surface area contributed by atoms with Gasteiger partial charge >= 0.3 is 5.97 Å². The third kappa shape index (κ3) is 5.82. The van der Waals surface area contributed by atoms with Crippen molar-refractivity contribution >= 4 is 5.97 Å². The lowest BCUT2D eigenvalue weighted by Crippen LogP contribution is -2.52. The summed E-state index contributed by atoms with van der Waals surface area (Å²) in [5, 5.41) is 0. The number of hydrogen-bond donors (Lipinski definition) is 1. The van der Waals surface area contributed by atoms with Gasteiger partial charge in [0, 0.05) is 13.5 Å². The van der Waals surface area contributed by atoms with Gasteiger partial charge in [-0.1, -0.05) is 11.7 Å². The molecule has 0 saturated carbocycles. The van der Waals surface area contributed by atoms with E-state index in [-0.39, 0.29) is 10.7 Å². The Kier molecular flexibility index (Phi) is 4.07. The zero-order valence-electron chi connectivity index (χ0n) is 7.68. The number of carbonyl (C=O) groups is 1. The van der Waals surface area contributed by atoms with Crippen LogP contribution in [0.4, 0.5) is 0 Å². The average Bonchev–Trinajstić information content (AvgIpc) is 1.81. The van der Waals surface area contributed by atoms with Gasteiger partial charge in [0.25, 0.3) is 0 Å². The van der Waals surface area contributed by atoms with Crippen molar-refractivity contribution in [2.24, 2.45) is 0 Å². The molecule has 0 bridgehead atoms. The Morgan fingerprint density at radius 3 is 2.45 bits per heavy atom. The van der Waals surface area contributed by atoms with Gasteiger partial charge in [0.05, 0.1) is 0 Å². The number of nitrogens with zero attached hydrogens (tertiary/aromatic N) is 1. The molecule has 0 heterocycles. The van der Waals surface area contributed by atoms with E-state index in [4.69, 9.17) is 4.84 Å². The summed E-state index contributed by atoms with van der Waals surface area (Å²) in [6.45, 7) is 4.29. The van der Waals surface area contributed by atoms with Gasteiger partial charge in [-0.2, -0.15) is 0 Å². The summed E-state index contributed by atoms with van der Waals surface area (Å²) in [6.07, 6.45) is 1.02. The lowest BCUT2D eigenvalue weighted by Gasteiger charge is -2.24. The van der Waals surface area contributed by atoms with E-state index >= 15 is 0 Å². The van der Waals surface area contributed by atoms with Gasteiger partial charge in [-0.15, -0.1) is 5.43 Å². The molecule has 0 fully saturated rings. The van der Waals surface area contributed by atoms with Crippen LogP contribution >= 0.6 is 0 Å². The van der Waals surface area contributed by atoms with Crippen LogP contribution in [-0.4, -0.2) is 31.4 Å². The number of hydrogen-bond acceptors (Lipinski definition) is 3. The standard InChI is InChI=1S/C7H17N2O2/c1-5-6-8-9(3,4)11-7(2)10/h8H,5-6H2,1-4H3/q+1. The van der Waals surface area contributed by atoms with E-state index in [1.165, 1.54) is 6.92 Å². The molecule has 0 aromatic carbocycles. The quantitative estimate of drug-likeness (QED) is 0.480. The summed E-state index contributed by atoms with van der Waals surface area (Å²) in [5.41, 5.74) is 3.03. The van der Waals surface area contributed by atoms with E-state index in [1.807, 2.05) is 0 Å². The average molecular weight is 161 g/mol. The Hall–Kier alpha value is -0.610. The van der Waals surface area contributed by atoms with E-state index < -0.39 is 0 Å². The van der Waals surface area contributed by atoms with E-state index in [1.54, 1.807) is 14.1 Å². The van der Waals surface area contributed by atoms with Gasteiger partial charge in [-0.25, -0.2) is 4.79 Å². The van der Waals surface area contributed by atoms with Crippen LogP contribution in [0.5, 0.6) is 0 Å². The molecule has 0 atom stereocenters. The van der Waals surface area contributed by atoms with Crippen molar-refractivity contribution in [3.63, 3.8) is 0 Å². The van der Waals surface area contributed by atoms with Crippen LogP contribution in [0.15, 0.2) is 0 Å². The highest BCUT2D eigenvalue weighted by Gasteiger charge is 2.17. The summed E-state index contributed by atoms with van der Waals surface area (Å²) in [7, 11) is 3.55. The van der Waals surface area contributed by atoms with Crippen molar-refractivity contribution in [1.82, 2.24) is 5.43 Å². The fourth-order valence-corrected chi connectivity index (χ4v) is 0.735. The zero-order valence-corrected chi connectivity index (χ0v) is 7.68. The van der Waals surface area contributed by atoms with Crippen molar-refractivity contribution in [1.29, 1.82) is 0 Å². The Morgan fingerprint density at radius 2 is 2.09 bits per heavy atom. The first-order chi connectivity index (χ1) is 4.98. The van der Waals surface area contributed by atoms with E-state index in [0.717, 1.165) is 13.0 Å². The molecular weight excluding hydrogens is 144 g/mol. The van der Waals surface area contributed by atoms with Gasteiger partial charge in [-0.05, 0) is 6.42 Å². The largest absolute Gasteiger partial charge is 0.366 e. The molecule has 1 N–H and O–H groups in total. The van der Waals surface area contributed by atoms with Crippen LogP contribution in [0.3, 0.4) is 0 Å². The summed E-state index contributed by atoms with van der Waals surface area (Å²) in [6, 6.07) is 0. The second kappa shape index (κ2) is 4.31. The monoisotopic (exact) mass is 161 g/mol. The Labute approximate surface area is 67.6 Å². The predicted octanol–water partition coefficient (Wildman–Crippen LogP) is 0.455. The summed E-state index contributed by atoms with van der Waals surface area (Å²) < 4.78 is 0.0865. The molecule has 0 aliphatic carbocycles. The molecule has 0 amide bonds. The lowest BCUT2D eigenvalue weighted by molar-refractivity contribution is -1.09. The van der Waals surface area contributed by atoms with E-state index in [0.29, 0.717) is 0 Å². The molecule has 0 aliphatic heterocycles. The predicted molar refractivity (Wildman–Crippen MR) is 42.2 cm³/mol. The highest BCUT2D eigenvalue weighted by atomic mass is 16.8. The third-order valence-corrected chi connectivity index (χ3v) is 1.10. The van der Waals surface area contributed by atoms with Gasteiger partial charge in [0.1, 0.15) is 14.1 Å². The Morgan fingerprint density at radius 1 is 1.55 bits per heavy atom. The molecule has 11 heavy (non-hydrogen) atoms. The molecule has 0 aromatic heterocycles. The zero-order chi connectivity index (χ0) is 8.91. The first-order valence-electron chi connectivity index (χ1n) is 3.77. The van der Waals surface area contributed by atoms with E-state index in [2.05, 4.69) is 12.3 Å². The normalized spacial score (nSPS) is 11.3. The van der Waals surface area contributed by atoms with Gasteiger partial charge in [0.15, 0.2) is 0 Å². The smallest absolute Gasteiger partial charge is 0.257 e. The fraction of sp³-hybridized carbons (Fsp3) is 0.857. The number of quaternary nitrogens is 1. The minimum absolute atomic E-state index is 0.0865. The highest BCUT2D eigenvalue weighted by molar-refractivity contribution is 5.65. The van der Waals surface area contributed by atoms with Crippen LogP contribution in [-0.2, 0) is 9.63 Å². The molecule has 0 radical (unpaired) electrons. The summed E-state index contributed by atoms with van der Waals surface area (Å²) >= 11 is 0. The maximum atomic E-state index is 10.5. The SMILES string of the molecule is CCCN[N+](C)(C)OC(C)=O. The minimum Gasteiger partial charge on any atom is -0.257 e. The molecule has 0 spiro atoms. The Bertz CT molecular complexity index is 134. The summed E-state index contributed by atoms with van der Waals surface area (Å²) in [4.78, 5) is 15.5. The molecule has 66 valence electrons. The first kappa shape index (κ1) is 10.4. The van der Waals surface area contributed by atoms with Crippen molar-refractivity contribution in [2.75, 3.05) is 20.6 Å². The van der Waals surface area contributed by atoms with Crippen molar-refractivity contribution in [3.8, 4) is 0 Å². The third-order valence-electron chi connectivity index (χ3n) is 1.10. The molecular formula is C7H17N2O2+. The molecule has 0 saturated heterocycles. The highest BCUT2D eigenvalue weighted by Crippen LogP contribution is 1.93. The van der Waals surface area contributed by atoms with Crippen LogP contribution in [0.1, 0.15) is 20.3 Å². The molecule has 0 aromatic rings. The second-order valence-corrected chi connectivity index (χ2v) is 2.84. The van der Waals surface area contributed by atoms with Gasteiger partial charge in [0.2, 0.25) is 0 Å². The first-order valence-corrected chi connectivity index (χ1v) is 3.77. The van der Waals surface area contributed by atoms with Crippen LogP contribution in [0.2, 0.25) is 0 Å². The van der Waals surface area contributed by atoms with E-state index in [9.17, 15) is 4.79 Å². The van der Waals surface area contributed by atoms with Crippen LogP contribution in [0, 0.1) is 0 Å².